The number of nitrogens with zero attached hydrogens (tertiary/aromatic N) is 3. The van der Waals surface area contributed by atoms with E-state index in [1.807, 2.05) is 4.90 Å². The Balaban J connectivity index is 1.58. The van der Waals surface area contributed by atoms with Gasteiger partial charge in [-0.15, -0.1) is 5.26 Å². The fourth-order valence-corrected chi connectivity index (χ4v) is 1.64. The minimum atomic E-state index is 0.114. The summed E-state index contributed by atoms with van der Waals surface area (Å²) in [5, 5.41) is 12.1. The molecule has 0 radical (unpaired) electrons. The maximum absolute atomic E-state index is 8.45. The molecule has 104 valence electrons. The molecule has 3 unspecified atom stereocenters. The van der Waals surface area contributed by atoms with E-state index in [4.69, 9.17) is 24.2 Å². The van der Waals surface area contributed by atoms with Crippen molar-refractivity contribution in [2.45, 2.75) is 18.3 Å². The van der Waals surface area contributed by atoms with Gasteiger partial charge >= 0.3 is 12.3 Å². The third-order valence-electron chi connectivity index (χ3n) is 2.89. The number of rotatable bonds is 7. The van der Waals surface area contributed by atoms with Gasteiger partial charge in [-0.25, -0.2) is 0 Å². The number of epoxide rings is 3. The van der Waals surface area contributed by atoms with E-state index in [1.54, 1.807) is 0 Å². The third kappa shape index (κ3) is 4.24. The first-order chi connectivity index (χ1) is 9.35. The van der Waals surface area contributed by atoms with Crippen LogP contribution in [0.2, 0.25) is 0 Å². The summed E-state index contributed by atoms with van der Waals surface area (Å²) in [5.41, 5.74) is 0. The summed E-state index contributed by atoms with van der Waals surface area (Å²) < 4.78 is 21.0. The van der Waals surface area contributed by atoms with Crippen LogP contribution in [0.4, 0.5) is 0 Å². The Bertz CT molecular complexity index is 370. The zero-order valence-electron chi connectivity index (χ0n) is 10.4. The second-order valence-corrected chi connectivity index (χ2v) is 4.64. The number of hydrogen-bond donors (Lipinski definition) is 0. The highest BCUT2D eigenvalue weighted by Crippen LogP contribution is 2.17. The lowest BCUT2D eigenvalue weighted by Crippen LogP contribution is -2.39. The second-order valence-electron chi connectivity index (χ2n) is 4.64. The van der Waals surface area contributed by atoms with E-state index < -0.39 is 0 Å². The number of hydrogen-bond acceptors (Lipinski definition) is 7. The van der Waals surface area contributed by atoms with Gasteiger partial charge in [-0.2, -0.15) is 0 Å². The maximum Gasteiger partial charge on any atom is 0.328 e. The lowest BCUT2D eigenvalue weighted by atomic mass is 10.3. The van der Waals surface area contributed by atoms with Gasteiger partial charge in [0.25, 0.3) is 0 Å². The molecule has 8 nitrogen and oxygen atoms in total. The van der Waals surface area contributed by atoms with Gasteiger partial charge in [0.15, 0.2) is 0 Å². The average Bonchev–Trinajstić information content (AvgIpc) is 3.26. The molecule has 0 spiro atoms. The van der Waals surface area contributed by atoms with Crippen LogP contribution in [0.1, 0.15) is 0 Å². The Labute approximate surface area is 110 Å². The quantitative estimate of drug-likeness (QED) is 0.198. The minimum Gasteiger partial charge on any atom is -0.460 e. The van der Waals surface area contributed by atoms with Crippen molar-refractivity contribution in [3.8, 4) is 6.26 Å². The van der Waals surface area contributed by atoms with Crippen molar-refractivity contribution in [3.63, 3.8) is 0 Å². The van der Waals surface area contributed by atoms with Crippen LogP contribution in [0.3, 0.4) is 0 Å². The lowest BCUT2D eigenvalue weighted by molar-refractivity contribution is 0.166. The van der Waals surface area contributed by atoms with E-state index in [1.165, 1.54) is 6.26 Å². The van der Waals surface area contributed by atoms with Crippen molar-refractivity contribution < 1.29 is 23.8 Å². The molecule has 3 saturated heterocycles. The van der Waals surface area contributed by atoms with Crippen LogP contribution in [0.15, 0.2) is 5.16 Å². The molecule has 3 aliphatic heterocycles. The second kappa shape index (κ2) is 5.61. The summed E-state index contributed by atoms with van der Waals surface area (Å²) in [6.07, 6.45) is 1.99. The highest BCUT2D eigenvalue weighted by molar-refractivity contribution is 5.73. The van der Waals surface area contributed by atoms with Crippen LogP contribution in [0, 0.1) is 11.5 Å². The summed E-state index contributed by atoms with van der Waals surface area (Å²) in [6.45, 7) is 3.88. The van der Waals surface area contributed by atoms with Crippen LogP contribution in [-0.4, -0.2) is 68.8 Å². The third-order valence-corrected chi connectivity index (χ3v) is 2.89. The maximum atomic E-state index is 8.45. The molecule has 0 aromatic rings. The summed E-state index contributed by atoms with van der Waals surface area (Å²) in [4.78, 5) is 6.32. The van der Waals surface area contributed by atoms with E-state index in [0.717, 1.165) is 13.2 Å². The molecular weight excluding hydrogens is 254 g/mol. The molecule has 3 rings (SSSR count). The van der Waals surface area contributed by atoms with Gasteiger partial charge < -0.3 is 23.8 Å². The van der Waals surface area contributed by atoms with Crippen molar-refractivity contribution in [2.24, 2.45) is 5.16 Å². The summed E-state index contributed by atoms with van der Waals surface area (Å²) >= 11 is 0. The highest BCUT2D eigenvalue weighted by Gasteiger charge is 2.34. The van der Waals surface area contributed by atoms with Gasteiger partial charge in [0.2, 0.25) is 0 Å². The van der Waals surface area contributed by atoms with Crippen LogP contribution in [0.5, 0.6) is 0 Å². The largest absolute Gasteiger partial charge is 0.460 e. The molecule has 8 heteroatoms. The molecule has 19 heavy (non-hydrogen) atoms. The number of amidine groups is 1. The molecule has 0 bridgehead atoms. The molecular formula is C11H15N3O5. The zero-order chi connectivity index (χ0) is 13.1. The minimum absolute atomic E-state index is 0.114. The Morgan fingerprint density at radius 2 is 1.74 bits per heavy atom. The van der Waals surface area contributed by atoms with Crippen LogP contribution < -0.4 is 0 Å². The molecule has 0 aromatic heterocycles. The fraction of sp³-hybridized carbons (Fsp3) is 0.818. The molecule has 0 aliphatic carbocycles. The van der Waals surface area contributed by atoms with Crippen molar-refractivity contribution in [3.05, 3.63) is 0 Å². The van der Waals surface area contributed by atoms with Gasteiger partial charge in [0.1, 0.15) is 12.7 Å². The zero-order valence-corrected chi connectivity index (χ0v) is 10.4. The monoisotopic (exact) mass is 269 g/mol. The van der Waals surface area contributed by atoms with Gasteiger partial charge in [-0.05, 0) is 5.16 Å². The molecule has 0 aromatic carbocycles. The summed E-state index contributed by atoms with van der Waals surface area (Å²) in [5.74, 6) is 0. The van der Waals surface area contributed by atoms with Gasteiger partial charge in [0, 0.05) is 0 Å². The van der Waals surface area contributed by atoms with Crippen LogP contribution in [0.25, 0.3) is 0 Å². The standard InChI is InChI=1S/C11H15N3O5/c12-7-19-13-11(18-6-10-5-17-10)14(1-8-3-15-8)2-9-4-16-9/h8-10H,1-6H2/b13-11+. The van der Waals surface area contributed by atoms with Crippen molar-refractivity contribution in [1.29, 1.82) is 5.26 Å². The Morgan fingerprint density at radius 1 is 1.16 bits per heavy atom. The van der Waals surface area contributed by atoms with Crippen LogP contribution in [-0.2, 0) is 23.8 Å². The van der Waals surface area contributed by atoms with E-state index >= 15 is 0 Å². The average molecular weight is 269 g/mol. The smallest absolute Gasteiger partial charge is 0.328 e. The highest BCUT2D eigenvalue weighted by atomic mass is 16.7. The van der Waals surface area contributed by atoms with Crippen molar-refractivity contribution in [2.75, 3.05) is 39.5 Å². The van der Waals surface area contributed by atoms with Crippen molar-refractivity contribution in [1.82, 2.24) is 4.90 Å². The Morgan fingerprint density at radius 3 is 2.21 bits per heavy atom. The van der Waals surface area contributed by atoms with Gasteiger partial charge in [-0.1, -0.05) is 0 Å². The fourth-order valence-electron chi connectivity index (χ4n) is 1.64. The van der Waals surface area contributed by atoms with Crippen LogP contribution >= 0.6 is 0 Å². The van der Waals surface area contributed by atoms with E-state index in [2.05, 4.69) is 9.99 Å². The summed E-state index contributed by atoms with van der Waals surface area (Å²) in [6, 6.07) is 0.281. The van der Waals surface area contributed by atoms with Crippen molar-refractivity contribution >= 4 is 6.02 Å². The molecule has 0 N–H and O–H groups in total. The van der Waals surface area contributed by atoms with E-state index in [0.29, 0.717) is 26.3 Å². The molecule has 3 aliphatic rings. The van der Waals surface area contributed by atoms with Gasteiger partial charge in [-0.3, -0.25) is 4.84 Å². The Kier molecular flexibility index (Phi) is 3.68. The molecule has 3 atom stereocenters. The first-order valence-corrected chi connectivity index (χ1v) is 6.21. The topological polar surface area (TPSA) is 95.4 Å². The number of ether oxygens (including phenoxy) is 4. The number of oxime groups is 1. The first-order valence-electron chi connectivity index (χ1n) is 6.21. The lowest BCUT2D eigenvalue weighted by Gasteiger charge is -2.23. The van der Waals surface area contributed by atoms with Gasteiger partial charge in [0.05, 0.1) is 45.1 Å². The summed E-state index contributed by atoms with van der Waals surface area (Å²) in [7, 11) is 0. The molecule has 3 fully saturated rings. The first kappa shape index (κ1) is 12.5. The SMILES string of the molecule is N#CO/N=C(/OCC1CO1)N(CC1CO1)CC1CO1. The predicted molar refractivity (Wildman–Crippen MR) is 60.9 cm³/mol. The number of nitriles is 1. The van der Waals surface area contributed by atoms with E-state index in [-0.39, 0.29) is 24.3 Å². The van der Waals surface area contributed by atoms with E-state index in [9.17, 15) is 0 Å². The normalized spacial score (nSPS) is 31.3. The predicted octanol–water partition coefficient (Wildman–Crippen LogP) is -0.730. The molecule has 0 saturated carbocycles. The molecule has 0 amide bonds. The Hall–Kier alpha value is -1.56. The molecule has 3 heterocycles.